The number of nitrogens with one attached hydrogen (secondary N) is 1. The van der Waals surface area contributed by atoms with Crippen LogP contribution in [0.4, 0.5) is 0 Å². The highest BCUT2D eigenvalue weighted by Gasteiger charge is 2.29. The Hall–Kier alpha value is -2.63. The van der Waals surface area contributed by atoms with Gasteiger partial charge in [0.1, 0.15) is 6.04 Å². The van der Waals surface area contributed by atoms with Gasteiger partial charge in [-0.15, -0.1) is 11.8 Å². The fourth-order valence-electron chi connectivity index (χ4n) is 3.55. The van der Waals surface area contributed by atoms with Crippen molar-refractivity contribution in [2.24, 2.45) is 0 Å². The molecule has 7 nitrogen and oxygen atoms in total. The van der Waals surface area contributed by atoms with Crippen molar-refractivity contribution in [3.8, 4) is 6.07 Å². The van der Waals surface area contributed by atoms with Crippen molar-refractivity contribution >= 4 is 34.5 Å². The second kappa shape index (κ2) is 8.17. The number of fused-ring (bicyclic) bond motifs is 1. The van der Waals surface area contributed by atoms with E-state index in [9.17, 15) is 9.59 Å². The number of carbonyl (C=O) groups excluding carboxylic acids is 2. The molecule has 2 saturated heterocycles. The Morgan fingerprint density at radius 3 is 3.07 bits per heavy atom. The highest BCUT2D eigenvalue weighted by molar-refractivity contribution is 7.99. The molecule has 1 N–H and O–H groups in total. The number of ether oxygens (including phenoxy) is 1. The van der Waals surface area contributed by atoms with Crippen molar-refractivity contribution < 1.29 is 14.3 Å². The minimum atomic E-state index is -0.426. The topological polar surface area (TPSA) is 95.3 Å². The molecule has 3 heterocycles. The number of aromatic nitrogens is 1. The zero-order chi connectivity index (χ0) is 19.5. The lowest BCUT2D eigenvalue weighted by molar-refractivity contribution is -0.129. The molecule has 8 heteroatoms. The lowest BCUT2D eigenvalue weighted by Crippen LogP contribution is -2.42. The van der Waals surface area contributed by atoms with Crippen LogP contribution in [-0.2, 0) is 9.53 Å². The van der Waals surface area contributed by atoms with Crippen LogP contribution in [0.1, 0.15) is 34.9 Å². The molecule has 2 amide bonds. The van der Waals surface area contributed by atoms with E-state index in [0.717, 1.165) is 35.9 Å². The van der Waals surface area contributed by atoms with E-state index < -0.39 is 6.04 Å². The van der Waals surface area contributed by atoms with Gasteiger partial charge in [-0.1, -0.05) is 6.07 Å². The average Bonchev–Trinajstić information content (AvgIpc) is 3.42. The van der Waals surface area contributed by atoms with Crippen molar-refractivity contribution in [3.63, 3.8) is 0 Å². The summed E-state index contributed by atoms with van der Waals surface area (Å²) >= 11 is 1.54. The fourth-order valence-corrected chi connectivity index (χ4v) is 4.65. The minimum Gasteiger partial charge on any atom is -0.374 e. The maximum atomic E-state index is 12.8. The van der Waals surface area contributed by atoms with Crippen LogP contribution in [0.15, 0.2) is 30.5 Å². The van der Waals surface area contributed by atoms with Gasteiger partial charge in [0.05, 0.1) is 35.7 Å². The Morgan fingerprint density at radius 1 is 1.39 bits per heavy atom. The minimum absolute atomic E-state index is 0.0534. The second-order valence-electron chi connectivity index (χ2n) is 6.83. The number of nitrogens with zero attached hydrogens (tertiary/aromatic N) is 3. The fraction of sp³-hybridized carbons (Fsp3) is 0.400. The van der Waals surface area contributed by atoms with Crippen LogP contribution in [0.25, 0.3) is 10.9 Å². The second-order valence-corrected chi connectivity index (χ2v) is 7.83. The van der Waals surface area contributed by atoms with E-state index in [0.29, 0.717) is 17.2 Å². The highest BCUT2D eigenvalue weighted by Crippen LogP contribution is 2.31. The lowest BCUT2D eigenvalue weighted by Gasteiger charge is -2.18. The summed E-state index contributed by atoms with van der Waals surface area (Å²) in [7, 11) is 0. The first-order valence-electron chi connectivity index (χ1n) is 9.22. The smallest absolute Gasteiger partial charge is 0.252 e. The Labute approximate surface area is 167 Å². The summed E-state index contributed by atoms with van der Waals surface area (Å²) in [6.45, 7) is 0.622. The first-order valence-corrected chi connectivity index (χ1v) is 10.4. The van der Waals surface area contributed by atoms with Crippen molar-refractivity contribution in [2.45, 2.75) is 25.0 Å². The number of pyridine rings is 1. The molecule has 2 fully saturated rings. The number of nitriles is 1. The van der Waals surface area contributed by atoms with E-state index in [4.69, 9.17) is 10.00 Å². The summed E-state index contributed by atoms with van der Waals surface area (Å²) in [5.41, 5.74) is 2.24. The monoisotopic (exact) mass is 396 g/mol. The molecule has 0 aliphatic carbocycles. The number of hydrogen-bond donors (Lipinski definition) is 1. The van der Waals surface area contributed by atoms with Gasteiger partial charge in [-0.05, 0) is 36.6 Å². The summed E-state index contributed by atoms with van der Waals surface area (Å²) in [5.74, 6) is 0.515. The molecule has 2 atom stereocenters. The van der Waals surface area contributed by atoms with E-state index in [1.165, 1.54) is 16.7 Å². The third-order valence-electron chi connectivity index (χ3n) is 5.06. The molecule has 0 unspecified atom stereocenters. The Bertz CT molecular complexity index is 952. The molecule has 0 saturated carbocycles. The molecule has 2 aliphatic rings. The number of hydrogen-bond acceptors (Lipinski definition) is 6. The summed E-state index contributed by atoms with van der Waals surface area (Å²) < 4.78 is 5.75. The van der Waals surface area contributed by atoms with Gasteiger partial charge >= 0.3 is 0 Å². The van der Waals surface area contributed by atoms with Gasteiger partial charge in [0.25, 0.3) is 5.91 Å². The van der Waals surface area contributed by atoms with E-state index in [-0.39, 0.29) is 24.5 Å². The van der Waals surface area contributed by atoms with Crippen LogP contribution in [0, 0.1) is 11.3 Å². The molecule has 144 valence electrons. The molecule has 0 spiro atoms. The molecule has 1 aromatic heterocycles. The van der Waals surface area contributed by atoms with E-state index in [1.54, 1.807) is 12.3 Å². The zero-order valence-electron chi connectivity index (χ0n) is 15.3. The third-order valence-corrected chi connectivity index (χ3v) is 6.08. The summed E-state index contributed by atoms with van der Waals surface area (Å²) in [4.78, 5) is 31.0. The van der Waals surface area contributed by atoms with Crippen molar-refractivity contribution in [1.82, 2.24) is 15.2 Å². The first kappa shape index (κ1) is 18.7. The van der Waals surface area contributed by atoms with E-state index in [1.807, 2.05) is 18.2 Å². The predicted octanol–water partition coefficient (Wildman–Crippen LogP) is 2.24. The lowest BCUT2D eigenvalue weighted by atomic mass is 10.0. The quantitative estimate of drug-likeness (QED) is 0.852. The van der Waals surface area contributed by atoms with Gasteiger partial charge in [0.15, 0.2) is 0 Å². The molecule has 0 radical (unpaired) electrons. The third kappa shape index (κ3) is 3.68. The molecule has 0 bridgehead atoms. The Morgan fingerprint density at radius 2 is 2.29 bits per heavy atom. The summed E-state index contributed by atoms with van der Waals surface area (Å²) in [6, 6.07) is 9.20. The summed E-state index contributed by atoms with van der Waals surface area (Å²) in [5, 5.41) is 12.5. The molecule has 1 aromatic carbocycles. The first-order chi connectivity index (χ1) is 13.7. The van der Waals surface area contributed by atoms with Crippen molar-refractivity contribution in [1.29, 1.82) is 5.26 Å². The number of carbonyl (C=O) groups is 2. The Balaban J connectivity index is 1.51. The largest absolute Gasteiger partial charge is 0.374 e. The van der Waals surface area contributed by atoms with Gasteiger partial charge in [-0.25, -0.2) is 0 Å². The van der Waals surface area contributed by atoms with Gasteiger partial charge < -0.3 is 15.0 Å². The van der Waals surface area contributed by atoms with Crippen LogP contribution in [0.3, 0.4) is 0 Å². The van der Waals surface area contributed by atoms with E-state index in [2.05, 4.69) is 16.4 Å². The average molecular weight is 396 g/mol. The van der Waals surface area contributed by atoms with Gasteiger partial charge in [-0.3, -0.25) is 14.6 Å². The highest BCUT2D eigenvalue weighted by atomic mass is 32.2. The van der Waals surface area contributed by atoms with Crippen LogP contribution < -0.4 is 5.32 Å². The maximum absolute atomic E-state index is 12.8. The number of rotatable bonds is 4. The van der Waals surface area contributed by atoms with Gasteiger partial charge in [-0.2, -0.15) is 5.26 Å². The van der Waals surface area contributed by atoms with Crippen LogP contribution >= 0.6 is 11.8 Å². The molecular weight excluding hydrogens is 376 g/mol. The van der Waals surface area contributed by atoms with Crippen LogP contribution in [-0.4, -0.2) is 52.5 Å². The van der Waals surface area contributed by atoms with Gasteiger partial charge in [0.2, 0.25) is 5.91 Å². The van der Waals surface area contributed by atoms with Crippen molar-refractivity contribution in [3.05, 3.63) is 41.6 Å². The molecule has 2 aromatic rings. The SMILES string of the molecule is N#C[C@@H]1CSCN1C(=O)CNC(=O)c1ccnc2ccc([C@H]3CCCO3)cc12. The van der Waals surface area contributed by atoms with E-state index >= 15 is 0 Å². The standard InChI is InChI=1S/C20H20N4O3S/c21-9-14-11-28-12-24(14)19(25)10-23-20(26)15-5-6-22-17-4-3-13(8-16(15)17)18-2-1-7-27-18/h3-6,8,14,18H,1-2,7,10-12H2,(H,23,26)/t14-,18-/m1/s1. The number of thioether (sulfide) groups is 1. The number of benzene rings is 1. The predicted molar refractivity (Wildman–Crippen MR) is 106 cm³/mol. The number of amides is 2. The molecule has 28 heavy (non-hydrogen) atoms. The van der Waals surface area contributed by atoms with Crippen LogP contribution in [0.2, 0.25) is 0 Å². The molecule has 2 aliphatic heterocycles. The zero-order valence-corrected chi connectivity index (χ0v) is 16.1. The van der Waals surface area contributed by atoms with Crippen molar-refractivity contribution in [2.75, 3.05) is 24.8 Å². The normalized spacial score (nSPS) is 21.6. The van der Waals surface area contributed by atoms with Crippen LogP contribution in [0.5, 0.6) is 0 Å². The molecular formula is C20H20N4O3S. The summed E-state index contributed by atoms with van der Waals surface area (Å²) in [6.07, 6.45) is 3.64. The molecule has 4 rings (SSSR count). The Kier molecular flexibility index (Phi) is 5.46. The maximum Gasteiger partial charge on any atom is 0.252 e. The van der Waals surface area contributed by atoms with Gasteiger partial charge in [0, 0.05) is 23.9 Å².